The Morgan fingerprint density at radius 3 is 2.29 bits per heavy atom. The summed E-state index contributed by atoms with van der Waals surface area (Å²) in [6.45, 7) is 17.5. The molecule has 1 heterocycles. The highest BCUT2D eigenvalue weighted by Crippen LogP contribution is 2.29. The summed E-state index contributed by atoms with van der Waals surface area (Å²) in [6.07, 6.45) is 1.19. The number of nitrogens with zero attached hydrogens (tertiary/aromatic N) is 1. The maximum absolute atomic E-state index is 5.65. The molecule has 0 aromatic carbocycles. The average Bonchev–Trinajstić information content (AvgIpc) is 2.72. The fourth-order valence-corrected chi connectivity index (χ4v) is 2.34. The summed E-state index contributed by atoms with van der Waals surface area (Å²) in [7, 11) is 0. The zero-order valence-corrected chi connectivity index (χ0v) is 12.3. The van der Waals surface area contributed by atoms with E-state index in [4.69, 9.17) is 4.74 Å². The van der Waals surface area contributed by atoms with Crippen LogP contribution in [-0.4, -0.2) is 49.8 Å². The van der Waals surface area contributed by atoms with E-state index in [0.29, 0.717) is 5.41 Å². The molecule has 0 spiro atoms. The molecule has 1 N–H and O–H groups in total. The van der Waals surface area contributed by atoms with Crippen molar-refractivity contribution >= 4 is 0 Å². The Balaban J connectivity index is 2.56. The van der Waals surface area contributed by atoms with Gasteiger partial charge >= 0.3 is 0 Å². The number of ether oxygens (including phenoxy) is 1. The Labute approximate surface area is 107 Å². The summed E-state index contributed by atoms with van der Waals surface area (Å²) >= 11 is 0. The lowest BCUT2D eigenvalue weighted by molar-refractivity contribution is 0.107. The zero-order valence-electron chi connectivity index (χ0n) is 12.3. The van der Waals surface area contributed by atoms with Gasteiger partial charge in [0.15, 0.2) is 0 Å². The second kappa shape index (κ2) is 6.17. The first-order valence-electron chi connectivity index (χ1n) is 6.96. The van der Waals surface area contributed by atoms with E-state index in [-0.39, 0.29) is 5.54 Å². The molecule has 102 valence electrons. The molecule has 1 rings (SSSR count). The van der Waals surface area contributed by atoms with E-state index in [1.807, 2.05) is 0 Å². The van der Waals surface area contributed by atoms with Crippen LogP contribution in [0.5, 0.6) is 0 Å². The Kier molecular flexibility index (Phi) is 5.42. The van der Waals surface area contributed by atoms with Crippen molar-refractivity contribution in [1.82, 2.24) is 10.2 Å². The molecule has 0 aromatic heterocycles. The molecule has 3 heteroatoms. The monoisotopic (exact) mass is 242 g/mol. The van der Waals surface area contributed by atoms with E-state index < -0.39 is 0 Å². The van der Waals surface area contributed by atoms with Gasteiger partial charge in [0.05, 0.1) is 6.61 Å². The van der Waals surface area contributed by atoms with E-state index in [1.165, 1.54) is 6.42 Å². The van der Waals surface area contributed by atoms with Gasteiger partial charge in [-0.2, -0.15) is 0 Å². The summed E-state index contributed by atoms with van der Waals surface area (Å²) in [4.78, 5) is 2.51. The molecule has 1 fully saturated rings. The third-order valence-electron chi connectivity index (χ3n) is 3.63. The summed E-state index contributed by atoms with van der Waals surface area (Å²) in [5, 5.41) is 3.65. The normalized spacial score (nSPS) is 25.8. The standard InChI is InChI=1S/C14H30N2O/c1-6-16(7-2)11-14(8-9-17-12-14)10-15-13(3,4)5/h15H,6-12H2,1-5H3. The first-order valence-corrected chi connectivity index (χ1v) is 6.96. The first kappa shape index (κ1) is 14.9. The van der Waals surface area contributed by atoms with E-state index >= 15 is 0 Å². The van der Waals surface area contributed by atoms with Gasteiger partial charge in [-0.3, -0.25) is 0 Å². The fraction of sp³-hybridized carbons (Fsp3) is 1.00. The minimum Gasteiger partial charge on any atom is -0.381 e. The number of rotatable bonds is 6. The lowest BCUT2D eigenvalue weighted by Crippen LogP contribution is -2.49. The van der Waals surface area contributed by atoms with Crippen LogP contribution in [0.3, 0.4) is 0 Å². The van der Waals surface area contributed by atoms with Gasteiger partial charge in [0.1, 0.15) is 0 Å². The summed E-state index contributed by atoms with van der Waals surface area (Å²) in [5.74, 6) is 0. The number of hydrogen-bond donors (Lipinski definition) is 1. The van der Waals surface area contributed by atoms with Crippen LogP contribution in [0.2, 0.25) is 0 Å². The highest BCUT2D eigenvalue weighted by Gasteiger charge is 2.36. The molecule has 3 nitrogen and oxygen atoms in total. The molecule has 1 aliphatic rings. The number of hydrogen-bond acceptors (Lipinski definition) is 3. The predicted molar refractivity (Wildman–Crippen MR) is 73.4 cm³/mol. The SMILES string of the molecule is CCN(CC)CC1(CNC(C)(C)C)CCOC1. The Bertz CT molecular complexity index is 213. The van der Waals surface area contributed by atoms with E-state index in [0.717, 1.165) is 39.4 Å². The fourth-order valence-electron chi connectivity index (χ4n) is 2.34. The van der Waals surface area contributed by atoms with Gasteiger partial charge in [-0.05, 0) is 40.3 Å². The van der Waals surface area contributed by atoms with Crippen LogP contribution < -0.4 is 5.32 Å². The molecule has 0 bridgehead atoms. The van der Waals surface area contributed by atoms with Gasteiger partial charge in [-0.25, -0.2) is 0 Å². The molecule has 0 radical (unpaired) electrons. The maximum atomic E-state index is 5.65. The van der Waals surface area contributed by atoms with Crippen molar-refractivity contribution in [2.75, 3.05) is 39.4 Å². The summed E-state index contributed by atoms with van der Waals surface area (Å²) in [5.41, 5.74) is 0.512. The van der Waals surface area contributed by atoms with Gasteiger partial charge in [-0.1, -0.05) is 13.8 Å². The Hall–Kier alpha value is -0.120. The summed E-state index contributed by atoms with van der Waals surface area (Å²) in [6, 6.07) is 0. The predicted octanol–water partition coefficient (Wildman–Crippen LogP) is 2.12. The molecule has 17 heavy (non-hydrogen) atoms. The smallest absolute Gasteiger partial charge is 0.0547 e. The van der Waals surface area contributed by atoms with Crippen LogP contribution >= 0.6 is 0 Å². The van der Waals surface area contributed by atoms with Gasteiger partial charge in [-0.15, -0.1) is 0 Å². The quantitative estimate of drug-likeness (QED) is 0.772. The van der Waals surface area contributed by atoms with Crippen molar-refractivity contribution in [3.05, 3.63) is 0 Å². The Morgan fingerprint density at radius 1 is 1.24 bits per heavy atom. The van der Waals surface area contributed by atoms with Gasteiger partial charge in [0, 0.05) is 30.7 Å². The molecular weight excluding hydrogens is 212 g/mol. The molecule has 1 saturated heterocycles. The van der Waals surface area contributed by atoms with Crippen molar-refractivity contribution < 1.29 is 4.74 Å². The summed E-state index contributed by atoms with van der Waals surface area (Å²) < 4.78 is 5.65. The third-order valence-corrected chi connectivity index (χ3v) is 3.63. The van der Waals surface area contributed by atoms with Crippen LogP contribution in [0.25, 0.3) is 0 Å². The van der Waals surface area contributed by atoms with Crippen LogP contribution in [0.4, 0.5) is 0 Å². The molecule has 1 atom stereocenters. The second-order valence-electron chi connectivity index (χ2n) is 6.37. The maximum Gasteiger partial charge on any atom is 0.0547 e. The van der Waals surface area contributed by atoms with E-state index in [2.05, 4.69) is 44.8 Å². The molecule has 0 aromatic rings. The molecule has 0 aliphatic carbocycles. The third kappa shape index (κ3) is 4.94. The lowest BCUT2D eigenvalue weighted by Gasteiger charge is -2.36. The average molecular weight is 242 g/mol. The zero-order chi connectivity index (χ0) is 12.9. The highest BCUT2D eigenvalue weighted by atomic mass is 16.5. The molecule has 0 amide bonds. The van der Waals surface area contributed by atoms with Crippen LogP contribution in [0, 0.1) is 5.41 Å². The van der Waals surface area contributed by atoms with Crippen molar-refractivity contribution in [3.8, 4) is 0 Å². The molecule has 1 aliphatic heterocycles. The van der Waals surface area contributed by atoms with E-state index in [9.17, 15) is 0 Å². The molecule has 0 saturated carbocycles. The topological polar surface area (TPSA) is 24.5 Å². The van der Waals surface area contributed by atoms with Crippen molar-refractivity contribution in [1.29, 1.82) is 0 Å². The van der Waals surface area contributed by atoms with Gasteiger partial charge < -0.3 is 15.0 Å². The van der Waals surface area contributed by atoms with Crippen LogP contribution in [0.15, 0.2) is 0 Å². The van der Waals surface area contributed by atoms with Gasteiger partial charge in [0.2, 0.25) is 0 Å². The van der Waals surface area contributed by atoms with Crippen molar-refractivity contribution in [2.24, 2.45) is 5.41 Å². The van der Waals surface area contributed by atoms with Crippen molar-refractivity contribution in [3.63, 3.8) is 0 Å². The van der Waals surface area contributed by atoms with Gasteiger partial charge in [0.25, 0.3) is 0 Å². The largest absolute Gasteiger partial charge is 0.381 e. The van der Waals surface area contributed by atoms with Crippen molar-refractivity contribution in [2.45, 2.75) is 46.6 Å². The van der Waals surface area contributed by atoms with Crippen LogP contribution in [0.1, 0.15) is 41.0 Å². The number of nitrogens with one attached hydrogen (secondary N) is 1. The first-order chi connectivity index (χ1) is 7.91. The molecule has 1 unspecified atom stereocenters. The minimum atomic E-state index is 0.193. The van der Waals surface area contributed by atoms with Crippen LogP contribution in [-0.2, 0) is 4.74 Å². The highest BCUT2D eigenvalue weighted by molar-refractivity contribution is 4.90. The molecular formula is C14H30N2O. The Morgan fingerprint density at radius 2 is 1.88 bits per heavy atom. The minimum absolute atomic E-state index is 0.193. The van der Waals surface area contributed by atoms with E-state index in [1.54, 1.807) is 0 Å². The second-order valence-corrected chi connectivity index (χ2v) is 6.37. The lowest BCUT2D eigenvalue weighted by atomic mass is 9.85.